The van der Waals surface area contributed by atoms with Gasteiger partial charge >= 0.3 is 0 Å². The van der Waals surface area contributed by atoms with Gasteiger partial charge in [0.1, 0.15) is 5.65 Å². The van der Waals surface area contributed by atoms with Crippen molar-refractivity contribution in [1.82, 2.24) is 24.2 Å². The molecule has 7 nitrogen and oxygen atoms in total. The van der Waals surface area contributed by atoms with E-state index in [1.54, 1.807) is 0 Å². The number of nitrogens with zero attached hydrogens (tertiary/aromatic N) is 5. The first-order chi connectivity index (χ1) is 15.2. The fourth-order valence-electron chi connectivity index (χ4n) is 4.46. The fourth-order valence-corrected chi connectivity index (χ4v) is 4.62. The number of hydrogen-bond acceptors (Lipinski definition) is 5. The zero-order valence-electron chi connectivity index (χ0n) is 17.4. The molecule has 0 spiro atoms. The molecule has 1 atom stereocenters. The lowest BCUT2D eigenvalue weighted by atomic mass is 9.94. The minimum Gasteiger partial charge on any atom is -0.379 e. The molecule has 5 rings (SSSR count). The second kappa shape index (κ2) is 8.94. The van der Waals surface area contributed by atoms with Gasteiger partial charge in [-0.15, -0.1) is 0 Å². The van der Waals surface area contributed by atoms with Crippen LogP contribution in [-0.4, -0.2) is 76.0 Å². The maximum absolute atomic E-state index is 12.9. The number of hydrogen-bond donors (Lipinski definition) is 0. The van der Waals surface area contributed by atoms with Crippen LogP contribution in [0.3, 0.4) is 0 Å². The summed E-state index contributed by atoms with van der Waals surface area (Å²) in [6, 6.07) is 9.84. The van der Waals surface area contributed by atoms with E-state index in [9.17, 15) is 4.79 Å². The molecule has 2 aliphatic heterocycles. The van der Waals surface area contributed by atoms with Crippen LogP contribution in [0.5, 0.6) is 0 Å². The second-order valence-electron chi connectivity index (χ2n) is 8.23. The summed E-state index contributed by atoms with van der Waals surface area (Å²) < 4.78 is 7.35. The van der Waals surface area contributed by atoms with Gasteiger partial charge in [-0.25, -0.2) is 4.98 Å². The van der Waals surface area contributed by atoms with E-state index in [0.29, 0.717) is 24.8 Å². The Hall–Kier alpha value is -2.48. The van der Waals surface area contributed by atoms with Crippen LogP contribution in [0, 0.1) is 0 Å². The molecular formula is C23H26ClN5O2. The van der Waals surface area contributed by atoms with Gasteiger partial charge in [-0.1, -0.05) is 17.7 Å². The number of carbonyl (C=O) groups excluding carboxylic acids is 1. The van der Waals surface area contributed by atoms with Crippen LogP contribution in [0.1, 0.15) is 24.5 Å². The van der Waals surface area contributed by atoms with Crippen molar-refractivity contribution >= 4 is 23.2 Å². The van der Waals surface area contributed by atoms with E-state index < -0.39 is 0 Å². The van der Waals surface area contributed by atoms with Crippen molar-refractivity contribution in [1.29, 1.82) is 0 Å². The molecule has 1 amide bonds. The number of rotatable bonds is 4. The van der Waals surface area contributed by atoms with Crippen LogP contribution in [-0.2, 0) is 9.53 Å². The summed E-state index contributed by atoms with van der Waals surface area (Å²) in [5.41, 5.74) is 3.64. The normalized spacial score (nSPS) is 20.3. The number of carbonyl (C=O) groups is 1. The van der Waals surface area contributed by atoms with E-state index in [2.05, 4.69) is 16.0 Å². The van der Waals surface area contributed by atoms with Crippen molar-refractivity contribution in [2.24, 2.45) is 0 Å². The lowest BCUT2D eigenvalue weighted by Crippen LogP contribution is -2.47. The van der Waals surface area contributed by atoms with E-state index in [0.717, 1.165) is 61.7 Å². The first-order valence-electron chi connectivity index (χ1n) is 10.9. The first-order valence-corrected chi connectivity index (χ1v) is 11.2. The second-order valence-corrected chi connectivity index (χ2v) is 8.67. The van der Waals surface area contributed by atoms with Crippen molar-refractivity contribution in [3.8, 4) is 11.4 Å². The quantitative estimate of drug-likeness (QED) is 0.625. The molecular weight excluding hydrogens is 414 g/mol. The third-order valence-corrected chi connectivity index (χ3v) is 6.38. The van der Waals surface area contributed by atoms with E-state index >= 15 is 0 Å². The Kier molecular flexibility index (Phi) is 5.89. The number of imidazole rings is 1. The van der Waals surface area contributed by atoms with Crippen LogP contribution in [0.2, 0.25) is 5.02 Å². The Morgan fingerprint density at radius 1 is 1.16 bits per heavy atom. The van der Waals surface area contributed by atoms with Gasteiger partial charge in [-0.05, 0) is 37.1 Å². The van der Waals surface area contributed by atoms with Gasteiger partial charge in [0.25, 0.3) is 0 Å². The van der Waals surface area contributed by atoms with Crippen molar-refractivity contribution in [3.63, 3.8) is 0 Å². The summed E-state index contributed by atoms with van der Waals surface area (Å²) in [6.45, 7) is 5.10. The Morgan fingerprint density at radius 3 is 2.90 bits per heavy atom. The lowest BCUT2D eigenvalue weighted by Gasteiger charge is -2.35. The molecule has 0 saturated carbocycles. The van der Waals surface area contributed by atoms with Crippen molar-refractivity contribution in [3.05, 3.63) is 53.4 Å². The average Bonchev–Trinajstić information content (AvgIpc) is 3.23. The Morgan fingerprint density at radius 2 is 2.03 bits per heavy atom. The third kappa shape index (κ3) is 4.44. The van der Waals surface area contributed by atoms with Crippen LogP contribution in [0.15, 0.2) is 42.7 Å². The lowest BCUT2D eigenvalue weighted by molar-refractivity contribution is -0.134. The first kappa shape index (κ1) is 20.4. The number of amides is 1. The molecule has 5 heterocycles. The number of fused-ring (bicyclic) bond motifs is 1. The summed E-state index contributed by atoms with van der Waals surface area (Å²) in [4.78, 5) is 26.5. The highest BCUT2D eigenvalue weighted by Crippen LogP contribution is 2.28. The number of ether oxygens (including phenoxy) is 1. The van der Waals surface area contributed by atoms with Crippen molar-refractivity contribution < 1.29 is 9.53 Å². The van der Waals surface area contributed by atoms with Gasteiger partial charge in [-0.2, -0.15) is 0 Å². The zero-order valence-corrected chi connectivity index (χ0v) is 18.2. The standard InChI is InChI=1S/C23H26ClN5O2/c24-18-6-7-22-25-13-21(29(22)15-18)20-5-1-4-19(26-20)17-3-2-8-28(14-17)23(30)16-27-9-11-31-12-10-27/h1,4-7,13,15,17H,2-3,8-12,14,16H2/t17-/m0/s1. The molecule has 0 aliphatic carbocycles. The molecule has 2 fully saturated rings. The smallest absolute Gasteiger partial charge is 0.236 e. The van der Waals surface area contributed by atoms with Gasteiger partial charge in [0, 0.05) is 44.0 Å². The third-order valence-electron chi connectivity index (χ3n) is 6.16. The molecule has 3 aromatic rings. The molecule has 0 N–H and O–H groups in total. The van der Waals surface area contributed by atoms with Crippen LogP contribution < -0.4 is 0 Å². The molecule has 2 aliphatic rings. The fraction of sp³-hybridized carbons (Fsp3) is 0.435. The Labute approximate surface area is 186 Å². The topological polar surface area (TPSA) is 63.0 Å². The number of pyridine rings is 2. The Balaban J connectivity index is 1.33. The highest BCUT2D eigenvalue weighted by Gasteiger charge is 2.27. The predicted octanol–water partition coefficient (Wildman–Crippen LogP) is 3.09. The highest BCUT2D eigenvalue weighted by molar-refractivity contribution is 6.30. The summed E-state index contributed by atoms with van der Waals surface area (Å²) in [5, 5.41) is 0.657. The van der Waals surface area contributed by atoms with Crippen molar-refractivity contribution in [2.75, 3.05) is 45.9 Å². The van der Waals surface area contributed by atoms with Gasteiger partial charge in [0.15, 0.2) is 0 Å². The molecule has 31 heavy (non-hydrogen) atoms. The molecule has 0 unspecified atom stereocenters. The predicted molar refractivity (Wildman–Crippen MR) is 119 cm³/mol. The van der Waals surface area contributed by atoms with Gasteiger partial charge in [0.05, 0.1) is 42.4 Å². The molecule has 2 saturated heterocycles. The van der Waals surface area contributed by atoms with Crippen molar-refractivity contribution in [2.45, 2.75) is 18.8 Å². The molecule has 0 bridgehead atoms. The molecule has 162 valence electrons. The maximum Gasteiger partial charge on any atom is 0.236 e. The number of aromatic nitrogens is 3. The molecule has 3 aromatic heterocycles. The monoisotopic (exact) mass is 439 g/mol. The number of piperidine rings is 1. The van der Waals surface area contributed by atoms with Gasteiger partial charge < -0.3 is 9.64 Å². The maximum atomic E-state index is 12.9. The van der Waals surface area contributed by atoms with Crippen LogP contribution in [0.4, 0.5) is 0 Å². The van der Waals surface area contributed by atoms with E-state index in [1.807, 2.05) is 46.0 Å². The molecule has 0 radical (unpaired) electrons. The number of halogens is 1. The summed E-state index contributed by atoms with van der Waals surface area (Å²) in [5.74, 6) is 0.448. The number of morpholine rings is 1. The molecule has 0 aromatic carbocycles. The van der Waals surface area contributed by atoms with Crippen LogP contribution >= 0.6 is 11.6 Å². The SMILES string of the molecule is O=C(CN1CCOCC1)N1CCC[C@H](c2cccc(-c3cnc4ccc(Cl)cn34)n2)C1. The zero-order chi connectivity index (χ0) is 21.2. The summed E-state index contributed by atoms with van der Waals surface area (Å²) in [6.07, 6.45) is 5.73. The summed E-state index contributed by atoms with van der Waals surface area (Å²) in [7, 11) is 0. The van der Waals surface area contributed by atoms with Gasteiger partial charge in [-0.3, -0.25) is 19.1 Å². The average molecular weight is 440 g/mol. The van der Waals surface area contributed by atoms with Gasteiger partial charge in [0.2, 0.25) is 5.91 Å². The minimum atomic E-state index is 0.208. The minimum absolute atomic E-state index is 0.208. The van der Waals surface area contributed by atoms with E-state index in [4.69, 9.17) is 21.3 Å². The van der Waals surface area contributed by atoms with E-state index in [1.165, 1.54) is 0 Å². The largest absolute Gasteiger partial charge is 0.379 e. The molecule has 8 heteroatoms. The highest BCUT2D eigenvalue weighted by atomic mass is 35.5. The Bertz CT molecular complexity index is 1080. The van der Waals surface area contributed by atoms with Crippen LogP contribution in [0.25, 0.3) is 17.0 Å². The number of likely N-dealkylation sites (tertiary alicyclic amines) is 1. The summed E-state index contributed by atoms with van der Waals surface area (Å²) >= 11 is 6.19. The van der Waals surface area contributed by atoms with E-state index in [-0.39, 0.29) is 11.8 Å².